The van der Waals surface area contributed by atoms with E-state index < -0.39 is 0 Å². The first-order valence-corrected chi connectivity index (χ1v) is 7.74. The molecule has 4 heteroatoms. The van der Waals surface area contributed by atoms with Crippen LogP contribution < -0.4 is 0 Å². The highest BCUT2D eigenvalue weighted by Gasteiger charge is 2.29. The number of carbonyl (C=O) groups is 1. The Labute approximate surface area is 129 Å². The first-order valence-electron chi connectivity index (χ1n) is 6.77. The number of nitrogens with zero attached hydrogens (tertiary/aromatic N) is 2. The first kappa shape index (κ1) is 14.8. The van der Waals surface area contributed by atoms with Gasteiger partial charge in [-0.2, -0.15) is 0 Å². The van der Waals surface area contributed by atoms with Crippen LogP contribution in [-0.4, -0.2) is 33.6 Å². The second-order valence-electron chi connectivity index (χ2n) is 5.39. The molecule has 1 heterocycles. The minimum Gasteiger partial charge on any atom is -0.340 e. The number of rotatable bonds is 2. The molecule has 1 aliphatic heterocycles. The summed E-state index contributed by atoms with van der Waals surface area (Å²) in [6.07, 6.45) is 0. The molecule has 0 aliphatic carbocycles. The Morgan fingerprint density at radius 2 is 2.00 bits per heavy atom. The van der Waals surface area contributed by atoms with Crippen molar-refractivity contribution in [2.75, 3.05) is 19.6 Å². The van der Waals surface area contributed by atoms with Gasteiger partial charge in [-0.3, -0.25) is 4.79 Å². The summed E-state index contributed by atoms with van der Waals surface area (Å²) in [6.45, 7) is 8.66. The predicted molar refractivity (Wildman–Crippen MR) is 86.3 cm³/mol. The lowest BCUT2D eigenvalue weighted by Gasteiger charge is -2.39. The van der Waals surface area contributed by atoms with Crippen LogP contribution in [0.25, 0.3) is 0 Å². The van der Waals surface area contributed by atoms with E-state index in [1.165, 1.54) is 11.1 Å². The van der Waals surface area contributed by atoms with Gasteiger partial charge in [-0.05, 0) is 17.0 Å². The van der Waals surface area contributed by atoms with Crippen molar-refractivity contribution in [3.05, 3.63) is 35.4 Å². The van der Waals surface area contributed by atoms with Crippen LogP contribution >= 0.6 is 22.9 Å². The Bertz CT molecular complexity index is 461. The minimum absolute atomic E-state index is 0.177. The molecule has 0 radical (unpaired) electrons. The summed E-state index contributed by atoms with van der Waals surface area (Å²) in [6, 6.07) is 8.91. The van der Waals surface area contributed by atoms with Gasteiger partial charge in [0.15, 0.2) is 0 Å². The summed E-state index contributed by atoms with van der Waals surface area (Å²) in [5.74, 6) is 0.685. The molecule has 0 bridgehead atoms. The number of piperazine rings is 1. The molecule has 1 saturated heterocycles. The SMILES string of the molecule is CC(=O)N1CCN(I)C(c2ccccc2C(C)C)C1. The molecule has 2 rings (SSSR count). The fourth-order valence-corrected chi connectivity index (χ4v) is 3.33. The summed E-state index contributed by atoms with van der Waals surface area (Å²) in [5.41, 5.74) is 2.75. The van der Waals surface area contributed by atoms with Crippen molar-refractivity contribution in [1.29, 1.82) is 0 Å². The van der Waals surface area contributed by atoms with Gasteiger partial charge in [0.25, 0.3) is 0 Å². The fraction of sp³-hybridized carbons (Fsp3) is 0.533. The molecular formula is C15H21IN2O. The summed E-state index contributed by atoms with van der Waals surface area (Å²) in [4.78, 5) is 13.6. The number of amides is 1. The molecule has 1 atom stereocenters. The molecule has 0 saturated carbocycles. The van der Waals surface area contributed by atoms with Crippen LogP contribution in [0.4, 0.5) is 0 Å². The van der Waals surface area contributed by atoms with Crippen molar-refractivity contribution >= 4 is 28.8 Å². The van der Waals surface area contributed by atoms with Crippen molar-refractivity contribution < 1.29 is 4.79 Å². The van der Waals surface area contributed by atoms with Gasteiger partial charge >= 0.3 is 0 Å². The number of hydrogen-bond donors (Lipinski definition) is 0. The Hall–Kier alpha value is -0.620. The van der Waals surface area contributed by atoms with Crippen molar-refractivity contribution in [3.8, 4) is 0 Å². The molecule has 1 fully saturated rings. The van der Waals surface area contributed by atoms with Gasteiger partial charge < -0.3 is 4.90 Å². The van der Waals surface area contributed by atoms with Gasteiger partial charge in [-0.15, -0.1) is 0 Å². The standard InChI is InChI=1S/C15H21IN2O/c1-11(2)13-6-4-5-7-14(13)15-10-17(12(3)19)8-9-18(15)16/h4-7,11,15H,8-10H2,1-3H3. The number of halogens is 1. The smallest absolute Gasteiger partial charge is 0.219 e. The van der Waals surface area contributed by atoms with Gasteiger partial charge in [0.2, 0.25) is 5.91 Å². The summed E-state index contributed by atoms with van der Waals surface area (Å²) < 4.78 is 2.33. The lowest BCUT2D eigenvalue weighted by atomic mass is 9.92. The van der Waals surface area contributed by atoms with E-state index >= 15 is 0 Å². The second-order valence-corrected chi connectivity index (χ2v) is 6.63. The maximum Gasteiger partial charge on any atom is 0.219 e. The predicted octanol–water partition coefficient (Wildman–Crippen LogP) is 3.37. The zero-order valence-electron chi connectivity index (χ0n) is 11.8. The number of benzene rings is 1. The fourth-order valence-electron chi connectivity index (χ4n) is 2.64. The quantitative estimate of drug-likeness (QED) is 0.587. The van der Waals surface area contributed by atoms with Crippen molar-refractivity contribution in [1.82, 2.24) is 8.01 Å². The summed E-state index contributed by atoms with van der Waals surface area (Å²) in [7, 11) is 0. The lowest BCUT2D eigenvalue weighted by Crippen LogP contribution is -2.46. The van der Waals surface area contributed by atoms with Crippen LogP contribution in [0.15, 0.2) is 24.3 Å². The van der Waals surface area contributed by atoms with Gasteiger partial charge in [0.05, 0.1) is 6.04 Å². The van der Waals surface area contributed by atoms with Crippen LogP contribution in [0.3, 0.4) is 0 Å². The van der Waals surface area contributed by atoms with E-state index in [4.69, 9.17) is 0 Å². The third-order valence-electron chi connectivity index (χ3n) is 3.74. The summed E-state index contributed by atoms with van der Waals surface area (Å²) >= 11 is 2.39. The highest BCUT2D eigenvalue weighted by Crippen LogP contribution is 2.33. The van der Waals surface area contributed by atoms with E-state index in [2.05, 4.69) is 64.1 Å². The van der Waals surface area contributed by atoms with E-state index in [1.807, 2.05) is 4.90 Å². The Kier molecular flexibility index (Phi) is 4.84. The van der Waals surface area contributed by atoms with Gasteiger partial charge in [-0.25, -0.2) is 3.11 Å². The largest absolute Gasteiger partial charge is 0.340 e. The second kappa shape index (κ2) is 6.22. The van der Waals surface area contributed by atoms with Crippen LogP contribution in [0, 0.1) is 0 Å². The van der Waals surface area contributed by atoms with E-state index in [0.29, 0.717) is 12.0 Å². The van der Waals surface area contributed by atoms with Crippen LogP contribution in [0.1, 0.15) is 43.9 Å². The van der Waals surface area contributed by atoms with Crippen molar-refractivity contribution in [3.63, 3.8) is 0 Å². The zero-order chi connectivity index (χ0) is 14.0. The molecule has 1 aromatic carbocycles. The topological polar surface area (TPSA) is 23.6 Å². The molecule has 104 valence electrons. The minimum atomic E-state index is 0.177. The highest BCUT2D eigenvalue weighted by atomic mass is 127. The van der Waals surface area contributed by atoms with E-state index in [-0.39, 0.29) is 5.91 Å². The Morgan fingerprint density at radius 1 is 1.32 bits per heavy atom. The van der Waals surface area contributed by atoms with Crippen molar-refractivity contribution in [2.24, 2.45) is 0 Å². The first-order chi connectivity index (χ1) is 9.00. The molecule has 19 heavy (non-hydrogen) atoms. The molecule has 0 spiro atoms. The third kappa shape index (κ3) is 3.28. The molecule has 0 aromatic heterocycles. The molecule has 1 aromatic rings. The van der Waals surface area contributed by atoms with Crippen molar-refractivity contribution in [2.45, 2.75) is 32.7 Å². The molecular weight excluding hydrogens is 351 g/mol. The average Bonchev–Trinajstić information content (AvgIpc) is 2.39. The molecule has 0 N–H and O–H groups in total. The molecule has 1 amide bonds. The monoisotopic (exact) mass is 372 g/mol. The zero-order valence-corrected chi connectivity index (χ0v) is 13.9. The maximum absolute atomic E-state index is 11.6. The number of carbonyl (C=O) groups excluding carboxylic acids is 1. The molecule has 1 aliphatic rings. The third-order valence-corrected chi connectivity index (χ3v) is 4.89. The van der Waals surface area contributed by atoms with Crippen LogP contribution in [0.5, 0.6) is 0 Å². The van der Waals surface area contributed by atoms with E-state index in [9.17, 15) is 4.79 Å². The summed E-state index contributed by atoms with van der Waals surface area (Å²) in [5, 5.41) is 0. The lowest BCUT2D eigenvalue weighted by molar-refractivity contribution is -0.130. The molecule has 3 nitrogen and oxygen atoms in total. The normalized spacial score (nSPS) is 20.9. The van der Waals surface area contributed by atoms with Gasteiger partial charge in [0, 0.05) is 49.4 Å². The molecule has 1 unspecified atom stereocenters. The highest BCUT2D eigenvalue weighted by molar-refractivity contribution is 14.1. The Morgan fingerprint density at radius 3 is 2.63 bits per heavy atom. The van der Waals surface area contributed by atoms with E-state index in [1.54, 1.807) is 6.92 Å². The van der Waals surface area contributed by atoms with Gasteiger partial charge in [0.1, 0.15) is 0 Å². The van der Waals surface area contributed by atoms with Crippen LogP contribution in [-0.2, 0) is 4.79 Å². The Balaban J connectivity index is 2.31. The van der Waals surface area contributed by atoms with E-state index in [0.717, 1.165) is 19.6 Å². The van der Waals surface area contributed by atoms with Gasteiger partial charge in [-0.1, -0.05) is 38.1 Å². The maximum atomic E-state index is 11.6. The average molecular weight is 372 g/mol. The number of hydrogen-bond acceptors (Lipinski definition) is 2. The van der Waals surface area contributed by atoms with Crippen LogP contribution in [0.2, 0.25) is 0 Å².